The number of nitriles is 1. The molecule has 3 heterocycles. The fraction of sp³-hybridized carbons (Fsp3) is 0.200. The van der Waals surface area contributed by atoms with Gasteiger partial charge in [-0.2, -0.15) is 10.4 Å². The van der Waals surface area contributed by atoms with Crippen molar-refractivity contribution in [2.45, 2.75) is 33.2 Å². The van der Waals surface area contributed by atoms with Crippen LogP contribution in [0, 0.1) is 17.1 Å². The van der Waals surface area contributed by atoms with Crippen LogP contribution in [0.4, 0.5) is 4.39 Å². The van der Waals surface area contributed by atoms with Crippen LogP contribution in [-0.4, -0.2) is 39.9 Å². The molecule has 2 aliphatic rings. The van der Waals surface area contributed by atoms with E-state index in [2.05, 4.69) is 0 Å². The molecule has 2 amide bonds. The minimum Gasteiger partial charge on any atom is -0.491 e. The van der Waals surface area contributed by atoms with E-state index >= 15 is 4.39 Å². The molecule has 0 saturated carbocycles. The average molecular weight is 605 g/mol. The topological polar surface area (TPSA) is 107 Å². The number of ether oxygens (including phenoxy) is 3. The van der Waals surface area contributed by atoms with Crippen LogP contribution < -0.4 is 14.2 Å². The van der Waals surface area contributed by atoms with Crippen molar-refractivity contribution < 1.29 is 28.2 Å². The number of benzene rings is 3. The highest BCUT2D eigenvalue weighted by Gasteiger charge is 2.36. The number of unbranched alkanes of at least 4 members (excludes halogenated alkanes) is 1. The molecule has 0 atom stereocenters. The largest absolute Gasteiger partial charge is 0.491 e. The van der Waals surface area contributed by atoms with Gasteiger partial charge in [0.1, 0.15) is 17.3 Å². The van der Waals surface area contributed by atoms with Gasteiger partial charge in [-0.3, -0.25) is 14.5 Å². The number of imide groups is 1. The summed E-state index contributed by atoms with van der Waals surface area (Å²) in [5.41, 5.74) is 3.02. The van der Waals surface area contributed by atoms with Gasteiger partial charge < -0.3 is 14.2 Å². The van der Waals surface area contributed by atoms with E-state index in [4.69, 9.17) is 19.3 Å². The van der Waals surface area contributed by atoms with Crippen LogP contribution in [0.25, 0.3) is 23.0 Å². The van der Waals surface area contributed by atoms with Crippen molar-refractivity contribution in [2.75, 3.05) is 13.4 Å². The molecule has 1 aromatic heterocycles. The molecule has 3 aromatic carbocycles. The van der Waals surface area contributed by atoms with Gasteiger partial charge in [0.15, 0.2) is 23.1 Å². The monoisotopic (exact) mass is 604 g/mol. The number of aromatic nitrogens is 2. The van der Waals surface area contributed by atoms with Crippen LogP contribution in [0.15, 0.2) is 89.6 Å². The quantitative estimate of drug-likeness (QED) is 0.124. The van der Waals surface area contributed by atoms with Crippen LogP contribution in [0.3, 0.4) is 0 Å². The number of fused-ring (bicyclic) bond motifs is 1. The molecular formula is C35H29FN4O5. The van der Waals surface area contributed by atoms with Crippen molar-refractivity contribution in [2.24, 2.45) is 0 Å². The molecule has 9 nitrogen and oxygen atoms in total. The lowest BCUT2D eigenvalue weighted by molar-refractivity contribution is -0.141. The van der Waals surface area contributed by atoms with Crippen molar-refractivity contribution in [1.29, 1.82) is 5.26 Å². The van der Waals surface area contributed by atoms with Crippen molar-refractivity contribution in [3.8, 4) is 40.3 Å². The molecule has 0 N–H and O–H groups in total. The maximum atomic E-state index is 15.2. The number of carbonyl (C=O) groups is 2. The van der Waals surface area contributed by atoms with Crippen LogP contribution in [0.1, 0.15) is 37.8 Å². The highest BCUT2D eigenvalue weighted by molar-refractivity contribution is 6.19. The van der Waals surface area contributed by atoms with E-state index in [1.165, 1.54) is 6.07 Å². The number of hydrogen-bond donors (Lipinski definition) is 0. The molecule has 0 fully saturated rings. The second-order valence-electron chi connectivity index (χ2n) is 10.6. The van der Waals surface area contributed by atoms with Gasteiger partial charge in [-0.25, -0.2) is 9.07 Å². The smallest absolute Gasteiger partial charge is 0.271 e. The summed E-state index contributed by atoms with van der Waals surface area (Å²) in [6.45, 7) is 4.02. The van der Waals surface area contributed by atoms with Crippen molar-refractivity contribution >= 4 is 17.9 Å². The third kappa shape index (κ3) is 5.80. The summed E-state index contributed by atoms with van der Waals surface area (Å²) in [6, 6.07) is 21.1. The lowest BCUT2D eigenvalue weighted by atomic mass is 9.93. The Bertz CT molecular complexity index is 1900. The zero-order valence-electron chi connectivity index (χ0n) is 24.7. The lowest BCUT2D eigenvalue weighted by Crippen LogP contribution is -2.42. The van der Waals surface area contributed by atoms with Crippen LogP contribution in [0.5, 0.6) is 17.2 Å². The molecule has 0 aliphatic carbocycles. The SMILES string of the molecule is CCCCOc1ccc(-c2nn(-c3ccccc3)cc2/C=C2/C(=O)N(Cc3ccc4c(c3)OCO4)C(=O)C(C#N)=C2C)cc1F. The lowest BCUT2D eigenvalue weighted by Gasteiger charge is -2.27. The van der Waals surface area contributed by atoms with Gasteiger partial charge in [0, 0.05) is 22.9 Å². The molecule has 45 heavy (non-hydrogen) atoms. The third-order valence-electron chi connectivity index (χ3n) is 7.63. The van der Waals surface area contributed by atoms with Gasteiger partial charge in [-0.1, -0.05) is 37.6 Å². The molecule has 0 spiro atoms. The Kier molecular flexibility index (Phi) is 8.16. The van der Waals surface area contributed by atoms with Crippen molar-refractivity contribution in [3.05, 3.63) is 107 Å². The molecule has 6 rings (SSSR count). The van der Waals surface area contributed by atoms with Gasteiger partial charge in [-0.05, 0) is 73.0 Å². The minimum atomic E-state index is -0.684. The summed E-state index contributed by atoms with van der Waals surface area (Å²) < 4.78 is 33.2. The summed E-state index contributed by atoms with van der Waals surface area (Å²) in [6.07, 6.45) is 5.06. The number of nitrogens with zero attached hydrogens (tertiary/aromatic N) is 4. The number of para-hydroxylation sites is 1. The van der Waals surface area contributed by atoms with E-state index in [0.717, 1.165) is 23.4 Å². The fourth-order valence-electron chi connectivity index (χ4n) is 5.17. The Morgan fingerprint density at radius 1 is 1.04 bits per heavy atom. The number of amides is 2. The normalized spacial score (nSPS) is 15.2. The fourth-order valence-corrected chi connectivity index (χ4v) is 5.17. The van der Waals surface area contributed by atoms with Gasteiger partial charge in [0.05, 0.1) is 18.8 Å². The van der Waals surface area contributed by atoms with Gasteiger partial charge in [0.25, 0.3) is 11.8 Å². The predicted molar refractivity (Wildman–Crippen MR) is 164 cm³/mol. The van der Waals surface area contributed by atoms with Crippen LogP contribution in [-0.2, 0) is 16.1 Å². The Morgan fingerprint density at radius 2 is 1.84 bits per heavy atom. The maximum absolute atomic E-state index is 15.2. The Morgan fingerprint density at radius 3 is 2.60 bits per heavy atom. The summed E-state index contributed by atoms with van der Waals surface area (Å²) in [4.78, 5) is 28.3. The Labute approximate surface area is 259 Å². The van der Waals surface area contributed by atoms with E-state index in [9.17, 15) is 14.9 Å². The standard InChI is InChI=1S/C35H29FN4O5/c1-3-4-14-43-30-13-11-24(17-29(30)36)33-25(20-40(38-33)26-8-6-5-7-9-26)16-27-22(2)28(18-37)35(42)39(34(27)41)19-23-10-12-31-32(15-23)45-21-44-31/h5-13,15-17,20H,3-4,14,19,21H2,1-2H3/b27-16+. The Balaban J connectivity index is 1.42. The first-order valence-corrected chi connectivity index (χ1v) is 14.5. The van der Waals surface area contributed by atoms with E-state index in [-0.39, 0.29) is 35.8 Å². The van der Waals surface area contributed by atoms with E-state index < -0.39 is 17.6 Å². The first-order chi connectivity index (χ1) is 21.9. The van der Waals surface area contributed by atoms with Crippen LogP contribution >= 0.6 is 0 Å². The molecule has 0 saturated heterocycles. The highest BCUT2D eigenvalue weighted by Crippen LogP contribution is 2.35. The highest BCUT2D eigenvalue weighted by atomic mass is 19.1. The summed E-state index contributed by atoms with van der Waals surface area (Å²) >= 11 is 0. The Hall–Kier alpha value is -5.69. The predicted octanol–water partition coefficient (Wildman–Crippen LogP) is 6.38. The van der Waals surface area contributed by atoms with Crippen molar-refractivity contribution in [3.63, 3.8) is 0 Å². The minimum absolute atomic E-state index is 0.0784. The van der Waals surface area contributed by atoms with Gasteiger partial charge in [-0.15, -0.1) is 0 Å². The molecular weight excluding hydrogens is 575 g/mol. The molecule has 2 aliphatic heterocycles. The zero-order valence-corrected chi connectivity index (χ0v) is 24.7. The van der Waals surface area contributed by atoms with E-state index in [1.54, 1.807) is 54.2 Å². The second kappa shape index (κ2) is 12.5. The van der Waals surface area contributed by atoms with E-state index in [0.29, 0.717) is 40.5 Å². The molecule has 0 radical (unpaired) electrons. The summed E-state index contributed by atoms with van der Waals surface area (Å²) in [7, 11) is 0. The number of hydrogen-bond acceptors (Lipinski definition) is 7. The molecule has 226 valence electrons. The summed E-state index contributed by atoms with van der Waals surface area (Å²) in [5, 5.41) is 14.7. The number of rotatable bonds is 9. The van der Waals surface area contributed by atoms with Crippen LogP contribution in [0.2, 0.25) is 0 Å². The third-order valence-corrected chi connectivity index (χ3v) is 7.63. The maximum Gasteiger partial charge on any atom is 0.271 e. The first-order valence-electron chi connectivity index (χ1n) is 14.5. The summed E-state index contributed by atoms with van der Waals surface area (Å²) in [5.74, 6) is -0.557. The molecule has 4 aromatic rings. The van der Waals surface area contributed by atoms with Gasteiger partial charge in [0.2, 0.25) is 6.79 Å². The molecule has 0 unspecified atom stereocenters. The van der Waals surface area contributed by atoms with Crippen molar-refractivity contribution in [1.82, 2.24) is 14.7 Å². The molecule has 0 bridgehead atoms. The van der Waals surface area contributed by atoms with Gasteiger partial charge >= 0.3 is 0 Å². The molecule has 10 heteroatoms. The number of halogens is 1. The van der Waals surface area contributed by atoms with E-state index in [1.807, 2.05) is 43.3 Å². The number of carbonyl (C=O) groups excluding carboxylic acids is 2. The average Bonchev–Trinajstić information content (AvgIpc) is 3.70. The first kappa shape index (κ1) is 29.4. The zero-order chi connectivity index (χ0) is 31.5. The second-order valence-corrected chi connectivity index (χ2v) is 10.6.